The fourth-order valence-corrected chi connectivity index (χ4v) is 1.30. The van der Waals surface area contributed by atoms with Crippen LogP contribution in [0.5, 0.6) is 5.75 Å². The second kappa shape index (κ2) is 6.62. The van der Waals surface area contributed by atoms with E-state index in [1.165, 1.54) is 0 Å². The van der Waals surface area contributed by atoms with E-state index in [0.29, 0.717) is 17.7 Å². The normalized spacial score (nSPS) is 9.50. The minimum atomic E-state index is -0.210. The molecule has 0 aliphatic carbocycles. The van der Waals surface area contributed by atoms with E-state index in [0.717, 1.165) is 19.3 Å². The Hall–Kier alpha value is -1.82. The molecule has 0 N–H and O–H groups in total. The van der Waals surface area contributed by atoms with Gasteiger partial charge in [-0.15, -0.1) is 0 Å². The van der Waals surface area contributed by atoms with Crippen LogP contribution in [0.1, 0.15) is 38.2 Å². The second-order valence-corrected chi connectivity index (χ2v) is 3.57. The zero-order chi connectivity index (χ0) is 11.8. The quantitative estimate of drug-likeness (QED) is 0.432. The highest BCUT2D eigenvalue weighted by molar-refractivity contribution is 5.72. The molecule has 0 bridgehead atoms. The lowest BCUT2D eigenvalue weighted by atomic mass is 10.2. The molecule has 0 saturated heterocycles. The molecule has 0 aliphatic rings. The number of hydrogen-bond donors (Lipinski definition) is 0. The highest BCUT2D eigenvalue weighted by Gasteiger charge is 2.03. The summed E-state index contributed by atoms with van der Waals surface area (Å²) in [6.45, 7) is 2.09. The first-order valence-corrected chi connectivity index (χ1v) is 5.47. The maximum Gasteiger partial charge on any atom is 0.311 e. The van der Waals surface area contributed by atoms with E-state index in [9.17, 15) is 4.79 Å². The SMILES string of the molecule is CCCCCC(=O)Oc1ccc(C#N)cc1. The third-order valence-corrected chi connectivity index (χ3v) is 2.20. The summed E-state index contributed by atoms with van der Waals surface area (Å²) in [7, 11) is 0. The molecule has 0 aromatic heterocycles. The van der Waals surface area contributed by atoms with Crippen molar-refractivity contribution in [2.75, 3.05) is 0 Å². The molecule has 1 rings (SSSR count). The monoisotopic (exact) mass is 217 g/mol. The van der Waals surface area contributed by atoms with Crippen LogP contribution in [0.4, 0.5) is 0 Å². The third-order valence-electron chi connectivity index (χ3n) is 2.20. The molecule has 3 heteroatoms. The van der Waals surface area contributed by atoms with Gasteiger partial charge >= 0.3 is 5.97 Å². The van der Waals surface area contributed by atoms with Gasteiger partial charge in [-0.05, 0) is 30.7 Å². The Morgan fingerprint density at radius 1 is 1.31 bits per heavy atom. The number of nitriles is 1. The average molecular weight is 217 g/mol. The van der Waals surface area contributed by atoms with Gasteiger partial charge in [-0.25, -0.2) is 0 Å². The molecule has 0 heterocycles. The lowest BCUT2D eigenvalue weighted by Crippen LogP contribution is -2.07. The second-order valence-electron chi connectivity index (χ2n) is 3.57. The number of ether oxygens (including phenoxy) is 1. The van der Waals surface area contributed by atoms with Crippen molar-refractivity contribution in [3.63, 3.8) is 0 Å². The summed E-state index contributed by atoms with van der Waals surface area (Å²) in [5.41, 5.74) is 0.561. The van der Waals surface area contributed by atoms with Gasteiger partial charge in [0.25, 0.3) is 0 Å². The molecular formula is C13H15NO2. The molecule has 0 fully saturated rings. The Kier molecular flexibility index (Phi) is 5.07. The van der Waals surface area contributed by atoms with Crippen LogP contribution in [0.3, 0.4) is 0 Å². The number of benzene rings is 1. The average Bonchev–Trinajstić information content (AvgIpc) is 2.30. The van der Waals surface area contributed by atoms with Gasteiger partial charge in [0.2, 0.25) is 0 Å². The third kappa shape index (κ3) is 4.14. The molecule has 0 radical (unpaired) electrons. The zero-order valence-corrected chi connectivity index (χ0v) is 9.40. The van der Waals surface area contributed by atoms with Crippen LogP contribution in [0.15, 0.2) is 24.3 Å². The largest absolute Gasteiger partial charge is 0.427 e. The first-order valence-electron chi connectivity index (χ1n) is 5.47. The van der Waals surface area contributed by atoms with Crippen LogP contribution in [0, 0.1) is 11.3 Å². The summed E-state index contributed by atoms with van der Waals surface area (Å²) in [5, 5.41) is 8.60. The predicted molar refractivity (Wildman–Crippen MR) is 60.9 cm³/mol. The Bertz CT molecular complexity index is 376. The van der Waals surface area contributed by atoms with E-state index in [-0.39, 0.29) is 5.97 Å². The molecule has 3 nitrogen and oxygen atoms in total. The van der Waals surface area contributed by atoms with Crippen molar-refractivity contribution in [3.05, 3.63) is 29.8 Å². The summed E-state index contributed by atoms with van der Waals surface area (Å²) in [5.74, 6) is 0.290. The molecule has 84 valence electrons. The Morgan fingerprint density at radius 3 is 2.56 bits per heavy atom. The summed E-state index contributed by atoms with van der Waals surface area (Å²) < 4.78 is 5.11. The molecule has 0 spiro atoms. The lowest BCUT2D eigenvalue weighted by Gasteiger charge is -2.03. The fourth-order valence-electron chi connectivity index (χ4n) is 1.30. The highest BCUT2D eigenvalue weighted by atomic mass is 16.5. The Labute approximate surface area is 95.7 Å². The molecule has 0 aliphatic heterocycles. The maximum atomic E-state index is 11.4. The first-order chi connectivity index (χ1) is 7.76. The van der Waals surface area contributed by atoms with Gasteiger partial charge in [-0.1, -0.05) is 19.8 Å². The molecule has 0 atom stereocenters. The van der Waals surface area contributed by atoms with Gasteiger partial charge in [-0.2, -0.15) is 5.26 Å². The standard InChI is InChI=1S/C13H15NO2/c1-2-3-4-5-13(15)16-12-8-6-11(10-14)7-9-12/h6-9H,2-5H2,1H3. The highest BCUT2D eigenvalue weighted by Crippen LogP contribution is 2.13. The Morgan fingerprint density at radius 2 is 2.00 bits per heavy atom. The molecule has 16 heavy (non-hydrogen) atoms. The molecule has 1 aromatic carbocycles. The van der Waals surface area contributed by atoms with Crippen molar-refractivity contribution in [3.8, 4) is 11.8 Å². The van der Waals surface area contributed by atoms with Crippen molar-refractivity contribution >= 4 is 5.97 Å². The van der Waals surface area contributed by atoms with Gasteiger partial charge in [0, 0.05) is 6.42 Å². The molecular weight excluding hydrogens is 202 g/mol. The topological polar surface area (TPSA) is 50.1 Å². The number of unbranched alkanes of at least 4 members (excludes halogenated alkanes) is 2. The minimum Gasteiger partial charge on any atom is -0.427 e. The number of carbonyl (C=O) groups excluding carboxylic acids is 1. The lowest BCUT2D eigenvalue weighted by molar-refractivity contribution is -0.134. The van der Waals surface area contributed by atoms with Gasteiger partial charge in [0.05, 0.1) is 11.6 Å². The molecule has 0 unspecified atom stereocenters. The minimum absolute atomic E-state index is 0.210. The number of rotatable bonds is 5. The van der Waals surface area contributed by atoms with Crippen molar-refractivity contribution < 1.29 is 9.53 Å². The van der Waals surface area contributed by atoms with Gasteiger partial charge < -0.3 is 4.74 Å². The van der Waals surface area contributed by atoms with Crippen LogP contribution in [-0.4, -0.2) is 5.97 Å². The van der Waals surface area contributed by atoms with Crippen molar-refractivity contribution in [1.82, 2.24) is 0 Å². The summed E-state index contributed by atoms with van der Waals surface area (Å²) in [6.07, 6.45) is 3.45. The zero-order valence-electron chi connectivity index (χ0n) is 9.40. The van der Waals surface area contributed by atoms with Crippen molar-refractivity contribution in [2.45, 2.75) is 32.6 Å². The summed E-state index contributed by atoms with van der Waals surface area (Å²) in [4.78, 5) is 11.4. The first kappa shape index (κ1) is 12.3. The predicted octanol–water partition coefficient (Wildman–Crippen LogP) is 3.04. The maximum absolute atomic E-state index is 11.4. The van der Waals surface area contributed by atoms with Crippen molar-refractivity contribution in [2.24, 2.45) is 0 Å². The van der Waals surface area contributed by atoms with Crippen LogP contribution < -0.4 is 4.74 Å². The number of esters is 1. The number of hydrogen-bond acceptors (Lipinski definition) is 3. The van der Waals surface area contributed by atoms with Crippen molar-refractivity contribution in [1.29, 1.82) is 5.26 Å². The van der Waals surface area contributed by atoms with E-state index in [4.69, 9.17) is 10.00 Å². The number of carbonyl (C=O) groups is 1. The molecule has 1 aromatic rings. The number of nitrogens with zero attached hydrogens (tertiary/aromatic N) is 1. The summed E-state index contributed by atoms with van der Waals surface area (Å²) >= 11 is 0. The van der Waals surface area contributed by atoms with Gasteiger partial charge in [0.15, 0.2) is 0 Å². The molecule has 0 saturated carbocycles. The Balaban J connectivity index is 2.41. The van der Waals surface area contributed by atoms with E-state index >= 15 is 0 Å². The van der Waals surface area contributed by atoms with Crippen LogP contribution in [-0.2, 0) is 4.79 Å². The molecule has 0 amide bonds. The summed E-state index contributed by atoms with van der Waals surface area (Å²) in [6, 6.07) is 8.55. The fraction of sp³-hybridized carbons (Fsp3) is 0.385. The van der Waals surface area contributed by atoms with Gasteiger partial charge in [-0.3, -0.25) is 4.79 Å². The van der Waals surface area contributed by atoms with Crippen LogP contribution >= 0.6 is 0 Å². The van der Waals surface area contributed by atoms with Crippen LogP contribution in [0.25, 0.3) is 0 Å². The van der Waals surface area contributed by atoms with E-state index in [1.807, 2.05) is 6.07 Å². The van der Waals surface area contributed by atoms with Crippen LogP contribution in [0.2, 0.25) is 0 Å². The van der Waals surface area contributed by atoms with E-state index < -0.39 is 0 Å². The smallest absolute Gasteiger partial charge is 0.311 e. The van der Waals surface area contributed by atoms with E-state index in [2.05, 4.69) is 6.92 Å². The van der Waals surface area contributed by atoms with E-state index in [1.54, 1.807) is 24.3 Å². The van der Waals surface area contributed by atoms with Gasteiger partial charge in [0.1, 0.15) is 5.75 Å².